The number of amides is 1. The van der Waals surface area contributed by atoms with Crippen molar-refractivity contribution in [2.45, 2.75) is 37.9 Å². The monoisotopic (exact) mass is 401 g/mol. The molecule has 1 N–H and O–H groups in total. The Hall–Kier alpha value is -1.80. The molecule has 7 heteroatoms. The summed E-state index contributed by atoms with van der Waals surface area (Å²) >= 11 is 1.52. The van der Waals surface area contributed by atoms with Crippen molar-refractivity contribution in [2.24, 2.45) is 0 Å². The zero-order valence-electron chi connectivity index (χ0n) is 16.4. The highest BCUT2D eigenvalue weighted by molar-refractivity contribution is 7.16. The minimum atomic E-state index is -0.258. The summed E-state index contributed by atoms with van der Waals surface area (Å²) in [7, 11) is 1.76. The van der Waals surface area contributed by atoms with Crippen molar-refractivity contribution in [3.8, 4) is 11.3 Å². The van der Waals surface area contributed by atoms with Crippen LogP contribution >= 0.6 is 11.3 Å². The third-order valence-corrected chi connectivity index (χ3v) is 6.55. The van der Waals surface area contributed by atoms with E-state index in [1.807, 2.05) is 37.3 Å². The Kier molecular flexibility index (Phi) is 5.78. The number of rotatable bonds is 5. The van der Waals surface area contributed by atoms with Gasteiger partial charge in [-0.2, -0.15) is 0 Å². The largest absolute Gasteiger partial charge is 0.378 e. The molecule has 2 fully saturated rings. The van der Waals surface area contributed by atoms with Gasteiger partial charge in [0.05, 0.1) is 18.3 Å². The van der Waals surface area contributed by atoms with Crippen LogP contribution in [0.1, 0.15) is 24.1 Å². The van der Waals surface area contributed by atoms with Gasteiger partial charge in [-0.15, -0.1) is 11.3 Å². The van der Waals surface area contributed by atoms with Crippen LogP contribution in [0, 0.1) is 6.92 Å². The average molecular weight is 402 g/mol. The molecule has 0 bridgehead atoms. The summed E-state index contributed by atoms with van der Waals surface area (Å²) in [6.07, 6.45) is 3.05. The fourth-order valence-electron chi connectivity index (χ4n) is 4.36. The van der Waals surface area contributed by atoms with Gasteiger partial charge in [0.2, 0.25) is 5.91 Å². The third-order valence-electron chi connectivity index (χ3n) is 5.66. The van der Waals surface area contributed by atoms with E-state index in [4.69, 9.17) is 9.47 Å². The smallest absolute Gasteiger partial charge is 0.240 e. The number of carbonyl (C=O) groups is 1. The first kappa shape index (κ1) is 19.5. The second-order valence-corrected chi connectivity index (χ2v) is 8.78. The number of thiazole rings is 1. The number of aryl methyl sites for hydroxylation is 1. The van der Waals surface area contributed by atoms with Crippen molar-refractivity contribution in [1.82, 2.24) is 9.88 Å². The highest BCUT2D eigenvalue weighted by atomic mass is 32.1. The van der Waals surface area contributed by atoms with Crippen LogP contribution in [0.5, 0.6) is 0 Å². The molecule has 1 aromatic heterocycles. The maximum Gasteiger partial charge on any atom is 0.240 e. The molecule has 0 saturated carbocycles. The van der Waals surface area contributed by atoms with Crippen LogP contribution in [0.3, 0.4) is 0 Å². The molecule has 6 nitrogen and oxygen atoms in total. The summed E-state index contributed by atoms with van der Waals surface area (Å²) in [5.41, 5.74) is 1.74. The first-order valence-corrected chi connectivity index (χ1v) is 10.6. The van der Waals surface area contributed by atoms with E-state index in [1.165, 1.54) is 11.3 Å². The minimum Gasteiger partial charge on any atom is -0.378 e. The molecule has 1 spiro atoms. The third kappa shape index (κ3) is 3.98. The minimum absolute atomic E-state index is 0.0302. The number of hydrogen-bond acceptors (Lipinski definition) is 6. The zero-order valence-corrected chi connectivity index (χ0v) is 17.3. The Morgan fingerprint density at radius 1 is 1.43 bits per heavy atom. The van der Waals surface area contributed by atoms with Gasteiger partial charge in [0, 0.05) is 37.2 Å². The number of carbonyl (C=O) groups excluding carboxylic acids is 1. The maximum absolute atomic E-state index is 12.6. The second kappa shape index (κ2) is 8.29. The Balaban J connectivity index is 1.39. The van der Waals surface area contributed by atoms with Crippen LogP contribution in [0.15, 0.2) is 30.3 Å². The molecule has 2 aliphatic rings. The van der Waals surface area contributed by atoms with E-state index in [1.54, 1.807) is 7.11 Å². The number of anilines is 1. The van der Waals surface area contributed by atoms with Gasteiger partial charge >= 0.3 is 0 Å². The van der Waals surface area contributed by atoms with Crippen molar-refractivity contribution < 1.29 is 14.3 Å². The highest BCUT2D eigenvalue weighted by Crippen LogP contribution is 2.36. The molecule has 2 unspecified atom stereocenters. The van der Waals surface area contributed by atoms with Gasteiger partial charge in [0.15, 0.2) is 5.13 Å². The number of nitrogens with one attached hydrogen (secondary N) is 1. The molecule has 2 aliphatic heterocycles. The topological polar surface area (TPSA) is 63.7 Å². The van der Waals surface area contributed by atoms with E-state index in [0.717, 1.165) is 55.1 Å². The number of ether oxygens (including phenoxy) is 2. The van der Waals surface area contributed by atoms with E-state index in [-0.39, 0.29) is 17.6 Å². The number of piperidine rings is 1. The molecule has 1 amide bonds. The van der Waals surface area contributed by atoms with Crippen LogP contribution in [0.25, 0.3) is 11.3 Å². The molecule has 2 atom stereocenters. The predicted molar refractivity (Wildman–Crippen MR) is 111 cm³/mol. The lowest BCUT2D eigenvalue weighted by molar-refractivity contribution is -0.146. The first-order valence-electron chi connectivity index (χ1n) is 9.81. The molecule has 0 aliphatic carbocycles. The molecular formula is C21H27N3O3S. The lowest BCUT2D eigenvalue weighted by atomic mass is 9.87. The van der Waals surface area contributed by atoms with E-state index >= 15 is 0 Å². The summed E-state index contributed by atoms with van der Waals surface area (Å²) in [5.74, 6) is -0.0302. The van der Waals surface area contributed by atoms with Crippen LogP contribution in [0.4, 0.5) is 5.13 Å². The molecule has 2 aromatic rings. The van der Waals surface area contributed by atoms with Crippen molar-refractivity contribution in [3.63, 3.8) is 0 Å². The first-order chi connectivity index (χ1) is 13.6. The maximum atomic E-state index is 12.6. The number of hydrogen-bond donors (Lipinski definition) is 1. The van der Waals surface area contributed by atoms with Crippen LogP contribution in [-0.2, 0) is 14.3 Å². The number of nitrogens with zero attached hydrogens (tertiary/aromatic N) is 2. The summed E-state index contributed by atoms with van der Waals surface area (Å²) in [4.78, 5) is 20.5. The molecule has 150 valence electrons. The Morgan fingerprint density at radius 2 is 2.25 bits per heavy atom. The van der Waals surface area contributed by atoms with Gasteiger partial charge in [-0.05, 0) is 26.2 Å². The Bertz CT molecular complexity index is 818. The van der Waals surface area contributed by atoms with Gasteiger partial charge in [0.1, 0.15) is 5.60 Å². The van der Waals surface area contributed by atoms with Crippen molar-refractivity contribution in [2.75, 3.05) is 38.7 Å². The molecule has 28 heavy (non-hydrogen) atoms. The molecule has 2 saturated heterocycles. The molecular weight excluding hydrogens is 374 g/mol. The average Bonchev–Trinajstić information content (AvgIpc) is 3.29. The molecule has 1 aromatic carbocycles. The number of benzene rings is 1. The number of aromatic nitrogens is 1. The summed E-state index contributed by atoms with van der Waals surface area (Å²) in [6, 6.07) is 10.1. The van der Waals surface area contributed by atoms with Gasteiger partial charge in [-0.1, -0.05) is 30.3 Å². The number of likely N-dealkylation sites (tertiary alicyclic amines) is 1. The number of methoxy groups -OCH3 is 1. The van der Waals surface area contributed by atoms with Gasteiger partial charge in [0.25, 0.3) is 0 Å². The van der Waals surface area contributed by atoms with E-state index < -0.39 is 0 Å². The molecule has 0 radical (unpaired) electrons. The van der Waals surface area contributed by atoms with Crippen LogP contribution in [0.2, 0.25) is 0 Å². The van der Waals surface area contributed by atoms with E-state index in [0.29, 0.717) is 11.7 Å². The predicted octanol–water partition coefficient (Wildman–Crippen LogP) is 3.33. The van der Waals surface area contributed by atoms with Crippen molar-refractivity contribution in [3.05, 3.63) is 35.2 Å². The summed E-state index contributed by atoms with van der Waals surface area (Å²) in [5, 5.41) is 3.63. The van der Waals surface area contributed by atoms with Gasteiger partial charge in [-0.3, -0.25) is 9.69 Å². The van der Waals surface area contributed by atoms with E-state index in [2.05, 4.69) is 15.2 Å². The SMILES string of the molecule is COC1CCN(CC(=O)Nc2nc(-c3ccccc3)c(C)s2)CC12CCCO2. The quantitative estimate of drug-likeness (QED) is 0.833. The lowest BCUT2D eigenvalue weighted by Gasteiger charge is -2.44. The van der Waals surface area contributed by atoms with Crippen LogP contribution in [-0.4, -0.2) is 60.8 Å². The normalized spacial score (nSPS) is 25.3. The fraction of sp³-hybridized carbons (Fsp3) is 0.524. The summed E-state index contributed by atoms with van der Waals surface area (Å²) < 4.78 is 11.7. The molecule has 4 rings (SSSR count). The van der Waals surface area contributed by atoms with Gasteiger partial charge < -0.3 is 14.8 Å². The Labute approximate surface area is 169 Å². The molecule has 3 heterocycles. The van der Waals surface area contributed by atoms with Crippen LogP contribution < -0.4 is 5.32 Å². The van der Waals surface area contributed by atoms with Crippen molar-refractivity contribution in [1.29, 1.82) is 0 Å². The van der Waals surface area contributed by atoms with Gasteiger partial charge in [-0.25, -0.2) is 4.98 Å². The lowest BCUT2D eigenvalue weighted by Crippen LogP contribution is -2.58. The second-order valence-electron chi connectivity index (χ2n) is 7.58. The standard InChI is InChI=1S/C21H27N3O3S/c1-15-19(16-7-4-3-5-8-16)23-20(28-15)22-18(25)13-24-11-9-17(26-2)21(14-24)10-6-12-27-21/h3-5,7-8,17H,6,9-14H2,1-2H3,(H,22,23,25). The highest BCUT2D eigenvalue weighted by Gasteiger charge is 2.47. The van der Waals surface area contributed by atoms with E-state index in [9.17, 15) is 4.79 Å². The Morgan fingerprint density at radius 3 is 2.96 bits per heavy atom. The summed E-state index contributed by atoms with van der Waals surface area (Å²) in [6.45, 7) is 4.74. The zero-order chi connectivity index (χ0) is 19.6. The fourth-order valence-corrected chi connectivity index (χ4v) is 5.22. The van der Waals surface area contributed by atoms with Crippen molar-refractivity contribution >= 4 is 22.4 Å².